The number of guanidine groups is 1. The third-order valence-electron chi connectivity index (χ3n) is 3.22. The summed E-state index contributed by atoms with van der Waals surface area (Å²) in [5.74, 6) is 2.15. The van der Waals surface area contributed by atoms with Crippen molar-refractivity contribution in [2.45, 2.75) is 33.6 Å². The van der Waals surface area contributed by atoms with E-state index in [1.54, 1.807) is 7.11 Å². The molecule has 25 heavy (non-hydrogen) atoms. The lowest BCUT2D eigenvalue weighted by atomic mass is 10.2. The predicted octanol–water partition coefficient (Wildman–Crippen LogP) is 3.91. The minimum Gasteiger partial charge on any atom is -0.493 e. The van der Waals surface area contributed by atoms with Gasteiger partial charge in [-0.1, -0.05) is 13.3 Å². The average Bonchev–Trinajstić information content (AvgIpc) is 2.59. The number of methoxy groups -OCH3 is 1. The van der Waals surface area contributed by atoms with E-state index in [0.717, 1.165) is 43.4 Å². The second kappa shape index (κ2) is 15.1. The van der Waals surface area contributed by atoms with Crippen LogP contribution in [0, 0.1) is 0 Å². The molecule has 0 aliphatic rings. The highest BCUT2D eigenvalue weighted by Crippen LogP contribution is 2.30. The molecule has 0 aliphatic carbocycles. The van der Waals surface area contributed by atoms with Gasteiger partial charge in [0.05, 0.1) is 26.9 Å². The van der Waals surface area contributed by atoms with Crippen molar-refractivity contribution in [1.82, 2.24) is 5.32 Å². The van der Waals surface area contributed by atoms with Crippen LogP contribution in [-0.4, -0.2) is 46.0 Å². The van der Waals surface area contributed by atoms with Crippen molar-refractivity contribution in [3.05, 3.63) is 18.2 Å². The third kappa shape index (κ3) is 9.74. The summed E-state index contributed by atoms with van der Waals surface area (Å²) in [5, 5.41) is 6.50. The zero-order chi connectivity index (χ0) is 17.6. The molecule has 2 N–H and O–H groups in total. The van der Waals surface area contributed by atoms with E-state index in [1.807, 2.05) is 32.0 Å². The molecule has 6 nitrogen and oxygen atoms in total. The molecular formula is C18H32IN3O3. The van der Waals surface area contributed by atoms with Crippen molar-refractivity contribution in [2.75, 3.05) is 45.3 Å². The molecule has 0 atom stereocenters. The molecule has 0 saturated heterocycles. The Kier molecular flexibility index (Phi) is 14.3. The number of nitrogens with one attached hydrogen (secondary N) is 2. The normalized spacial score (nSPS) is 10.8. The van der Waals surface area contributed by atoms with Crippen LogP contribution in [0.25, 0.3) is 0 Å². The number of hydrogen-bond acceptors (Lipinski definition) is 4. The largest absolute Gasteiger partial charge is 0.493 e. The Balaban J connectivity index is 0.00000576. The SMILES string of the molecule is CCCCOCCN=C(NCC)Nc1ccc(OCC)c(OC)c1.I. The molecule has 0 saturated carbocycles. The Morgan fingerprint density at radius 3 is 2.56 bits per heavy atom. The maximum absolute atomic E-state index is 5.53. The number of halogens is 1. The highest BCUT2D eigenvalue weighted by atomic mass is 127. The lowest BCUT2D eigenvalue weighted by Gasteiger charge is -2.14. The molecule has 0 radical (unpaired) electrons. The quantitative estimate of drug-likeness (QED) is 0.225. The Hall–Kier alpha value is -1.22. The maximum Gasteiger partial charge on any atom is 0.195 e. The molecule has 1 aromatic carbocycles. The van der Waals surface area contributed by atoms with Crippen LogP contribution in [0.15, 0.2) is 23.2 Å². The Morgan fingerprint density at radius 1 is 1.12 bits per heavy atom. The van der Waals surface area contributed by atoms with Gasteiger partial charge in [-0.15, -0.1) is 24.0 Å². The summed E-state index contributed by atoms with van der Waals surface area (Å²) in [5.41, 5.74) is 0.891. The summed E-state index contributed by atoms with van der Waals surface area (Å²) in [7, 11) is 1.63. The smallest absolute Gasteiger partial charge is 0.195 e. The van der Waals surface area contributed by atoms with Crippen molar-refractivity contribution in [3.8, 4) is 11.5 Å². The molecule has 0 unspecified atom stereocenters. The van der Waals surface area contributed by atoms with Crippen LogP contribution < -0.4 is 20.1 Å². The van der Waals surface area contributed by atoms with Gasteiger partial charge in [-0.2, -0.15) is 0 Å². The number of rotatable bonds is 11. The molecule has 0 fully saturated rings. The summed E-state index contributed by atoms with van der Waals surface area (Å²) < 4.78 is 16.4. The summed E-state index contributed by atoms with van der Waals surface area (Å²) in [4.78, 5) is 4.52. The fraction of sp³-hybridized carbons (Fsp3) is 0.611. The molecule has 1 rings (SSSR count). The number of unbranched alkanes of at least 4 members (excludes halogenated alkanes) is 1. The Labute approximate surface area is 168 Å². The maximum atomic E-state index is 5.53. The van der Waals surface area contributed by atoms with Gasteiger partial charge in [0.2, 0.25) is 0 Å². The molecule has 0 aliphatic heterocycles. The Bertz CT molecular complexity index is 498. The highest BCUT2D eigenvalue weighted by Gasteiger charge is 2.06. The van der Waals surface area contributed by atoms with E-state index >= 15 is 0 Å². The van der Waals surface area contributed by atoms with Gasteiger partial charge < -0.3 is 24.8 Å². The first-order chi connectivity index (χ1) is 11.7. The summed E-state index contributed by atoms with van der Waals surface area (Å²) in [6, 6.07) is 5.73. The monoisotopic (exact) mass is 465 g/mol. The van der Waals surface area contributed by atoms with Gasteiger partial charge in [0.15, 0.2) is 17.5 Å². The van der Waals surface area contributed by atoms with Crippen LogP contribution in [0.3, 0.4) is 0 Å². The summed E-state index contributed by atoms with van der Waals surface area (Å²) in [6.07, 6.45) is 2.24. The van der Waals surface area contributed by atoms with E-state index in [9.17, 15) is 0 Å². The molecule has 1 aromatic rings. The fourth-order valence-electron chi connectivity index (χ4n) is 2.03. The van der Waals surface area contributed by atoms with Gasteiger partial charge in [-0.25, -0.2) is 0 Å². The topological polar surface area (TPSA) is 64.1 Å². The van der Waals surface area contributed by atoms with Gasteiger partial charge >= 0.3 is 0 Å². The lowest BCUT2D eigenvalue weighted by Crippen LogP contribution is -2.31. The molecule has 0 bridgehead atoms. The first-order valence-corrected chi connectivity index (χ1v) is 8.69. The second-order valence-electron chi connectivity index (χ2n) is 5.15. The fourth-order valence-corrected chi connectivity index (χ4v) is 2.03. The van der Waals surface area contributed by atoms with E-state index < -0.39 is 0 Å². The average molecular weight is 465 g/mol. The number of nitrogens with zero attached hydrogens (tertiary/aromatic N) is 1. The van der Waals surface area contributed by atoms with E-state index in [1.165, 1.54) is 0 Å². The molecule has 0 heterocycles. The van der Waals surface area contributed by atoms with E-state index in [2.05, 4.69) is 22.5 Å². The molecular weight excluding hydrogens is 433 g/mol. The first kappa shape index (κ1) is 23.8. The molecule has 0 amide bonds. The number of ether oxygens (including phenoxy) is 3. The number of benzene rings is 1. The van der Waals surface area contributed by atoms with Crippen molar-refractivity contribution < 1.29 is 14.2 Å². The molecule has 0 spiro atoms. The van der Waals surface area contributed by atoms with Gasteiger partial charge in [0, 0.05) is 24.9 Å². The zero-order valence-electron chi connectivity index (χ0n) is 15.8. The lowest BCUT2D eigenvalue weighted by molar-refractivity contribution is 0.139. The van der Waals surface area contributed by atoms with Crippen molar-refractivity contribution >= 4 is 35.6 Å². The standard InChI is InChI=1S/C18H31N3O3.HI/c1-5-8-12-23-13-11-20-18(19-6-2)21-15-9-10-16(24-7-3)17(14-15)22-4;/h9-10,14H,5-8,11-13H2,1-4H3,(H2,19,20,21);1H. The van der Waals surface area contributed by atoms with Crippen LogP contribution in [0.5, 0.6) is 11.5 Å². The Morgan fingerprint density at radius 2 is 1.92 bits per heavy atom. The van der Waals surface area contributed by atoms with Crippen molar-refractivity contribution in [2.24, 2.45) is 4.99 Å². The zero-order valence-corrected chi connectivity index (χ0v) is 18.1. The highest BCUT2D eigenvalue weighted by molar-refractivity contribution is 14.0. The molecule has 7 heteroatoms. The first-order valence-electron chi connectivity index (χ1n) is 8.69. The van der Waals surface area contributed by atoms with E-state index in [-0.39, 0.29) is 24.0 Å². The van der Waals surface area contributed by atoms with E-state index in [4.69, 9.17) is 14.2 Å². The summed E-state index contributed by atoms with van der Waals surface area (Å²) in [6.45, 7) is 9.57. The minimum atomic E-state index is 0. The summed E-state index contributed by atoms with van der Waals surface area (Å²) >= 11 is 0. The van der Waals surface area contributed by atoms with Crippen LogP contribution in [0.2, 0.25) is 0 Å². The van der Waals surface area contributed by atoms with Gasteiger partial charge in [0.1, 0.15) is 0 Å². The van der Waals surface area contributed by atoms with Gasteiger partial charge in [-0.05, 0) is 32.4 Å². The van der Waals surface area contributed by atoms with Crippen LogP contribution in [0.4, 0.5) is 5.69 Å². The molecule has 144 valence electrons. The van der Waals surface area contributed by atoms with Crippen molar-refractivity contribution in [1.29, 1.82) is 0 Å². The number of aliphatic imine (C=N–C) groups is 1. The number of hydrogen-bond donors (Lipinski definition) is 2. The van der Waals surface area contributed by atoms with Crippen LogP contribution in [-0.2, 0) is 4.74 Å². The third-order valence-corrected chi connectivity index (χ3v) is 3.22. The van der Waals surface area contributed by atoms with Crippen LogP contribution >= 0.6 is 24.0 Å². The predicted molar refractivity (Wildman–Crippen MR) is 115 cm³/mol. The second-order valence-corrected chi connectivity index (χ2v) is 5.15. The van der Waals surface area contributed by atoms with Crippen LogP contribution in [0.1, 0.15) is 33.6 Å². The molecule has 0 aromatic heterocycles. The minimum absolute atomic E-state index is 0. The number of anilines is 1. The van der Waals surface area contributed by atoms with Gasteiger partial charge in [-0.3, -0.25) is 4.99 Å². The van der Waals surface area contributed by atoms with Crippen molar-refractivity contribution in [3.63, 3.8) is 0 Å². The van der Waals surface area contributed by atoms with Gasteiger partial charge in [0.25, 0.3) is 0 Å². The van der Waals surface area contributed by atoms with E-state index in [0.29, 0.717) is 25.5 Å².